The van der Waals surface area contributed by atoms with Crippen LogP contribution < -0.4 is 16.1 Å². The van der Waals surface area contributed by atoms with Crippen LogP contribution in [0.2, 0.25) is 0 Å². The Labute approximate surface area is 175 Å². The Bertz CT molecular complexity index is 997. The molecule has 30 heavy (non-hydrogen) atoms. The Morgan fingerprint density at radius 2 is 1.93 bits per heavy atom. The van der Waals surface area contributed by atoms with Crippen LogP contribution in [0.1, 0.15) is 40.8 Å². The molecule has 0 radical (unpaired) electrons. The number of hydroxylamine groups is 1. The van der Waals surface area contributed by atoms with Gasteiger partial charge in [0.05, 0.1) is 12.3 Å². The van der Waals surface area contributed by atoms with Crippen molar-refractivity contribution in [2.24, 2.45) is 0 Å². The van der Waals surface area contributed by atoms with Gasteiger partial charge in [-0.05, 0) is 53.9 Å². The van der Waals surface area contributed by atoms with E-state index in [2.05, 4.69) is 34.9 Å². The van der Waals surface area contributed by atoms with E-state index in [0.29, 0.717) is 5.92 Å². The van der Waals surface area contributed by atoms with Crippen LogP contribution in [0.5, 0.6) is 0 Å². The molecule has 0 spiro atoms. The molecule has 154 valence electrons. The van der Waals surface area contributed by atoms with Crippen LogP contribution in [0.15, 0.2) is 77.4 Å². The molecule has 6 nitrogen and oxygen atoms in total. The van der Waals surface area contributed by atoms with E-state index in [1.54, 1.807) is 17.8 Å². The van der Waals surface area contributed by atoms with Gasteiger partial charge in [0, 0.05) is 24.2 Å². The van der Waals surface area contributed by atoms with Crippen molar-refractivity contribution in [1.29, 1.82) is 0 Å². The van der Waals surface area contributed by atoms with Crippen molar-refractivity contribution in [1.82, 2.24) is 10.8 Å². The first-order valence-electron chi connectivity index (χ1n) is 10.1. The highest BCUT2D eigenvalue weighted by molar-refractivity contribution is 5.90. The van der Waals surface area contributed by atoms with Crippen LogP contribution >= 0.6 is 0 Å². The van der Waals surface area contributed by atoms with Gasteiger partial charge in [0.15, 0.2) is 0 Å². The fraction of sp³-hybridized carbons (Fsp3) is 0.208. The molecule has 2 heterocycles. The molecule has 6 heteroatoms. The molecule has 1 amide bonds. The molecule has 1 aliphatic heterocycles. The van der Waals surface area contributed by atoms with Gasteiger partial charge in [-0.15, -0.1) is 0 Å². The summed E-state index contributed by atoms with van der Waals surface area (Å²) in [7, 11) is 0. The number of hydrogen-bond acceptors (Lipinski definition) is 5. The Balaban J connectivity index is 1.32. The molecule has 1 aromatic heterocycles. The molecule has 0 saturated heterocycles. The first kappa shape index (κ1) is 19.9. The Morgan fingerprint density at radius 1 is 1.10 bits per heavy atom. The van der Waals surface area contributed by atoms with Gasteiger partial charge in [-0.25, -0.2) is 5.48 Å². The number of furan rings is 1. The summed E-state index contributed by atoms with van der Waals surface area (Å²) >= 11 is 0. The summed E-state index contributed by atoms with van der Waals surface area (Å²) in [5.41, 5.74) is 6.17. The van der Waals surface area contributed by atoms with Crippen molar-refractivity contribution in [3.05, 3.63) is 95.5 Å². The summed E-state index contributed by atoms with van der Waals surface area (Å²) in [5.74, 6) is 0.774. The standard InChI is InChI=1S/C24H25N3O3/c28-23(27-29)12-11-17-7-9-18(10-8-17)16-25-14-13-20-19-4-1-2-5-21(19)26-24(20)22-6-3-15-30-22/h1-12,15,20,24-26,29H,13-14,16H2,(H,27,28)/b12-11+. The van der Waals surface area contributed by atoms with Gasteiger partial charge in [0.25, 0.3) is 5.91 Å². The molecule has 4 rings (SSSR count). The third kappa shape index (κ3) is 4.62. The molecule has 2 unspecified atom stereocenters. The van der Waals surface area contributed by atoms with Gasteiger partial charge in [-0.3, -0.25) is 10.0 Å². The van der Waals surface area contributed by atoms with E-state index in [-0.39, 0.29) is 6.04 Å². The molecule has 0 saturated carbocycles. The van der Waals surface area contributed by atoms with Crippen molar-refractivity contribution in [2.45, 2.75) is 24.9 Å². The van der Waals surface area contributed by atoms with Crippen molar-refractivity contribution < 1.29 is 14.4 Å². The van der Waals surface area contributed by atoms with Crippen LogP contribution in [0, 0.1) is 0 Å². The predicted molar refractivity (Wildman–Crippen MR) is 116 cm³/mol. The normalized spacial score (nSPS) is 17.6. The zero-order valence-corrected chi connectivity index (χ0v) is 16.5. The maximum absolute atomic E-state index is 11.0. The lowest BCUT2D eigenvalue weighted by atomic mass is 9.90. The third-order valence-corrected chi connectivity index (χ3v) is 5.40. The average Bonchev–Trinajstić information content (AvgIpc) is 3.44. The zero-order chi connectivity index (χ0) is 20.8. The van der Waals surface area contributed by atoms with Crippen molar-refractivity contribution >= 4 is 17.7 Å². The number of carbonyl (C=O) groups excluding carboxylic acids is 1. The summed E-state index contributed by atoms with van der Waals surface area (Å²) in [4.78, 5) is 11.0. The van der Waals surface area contributed by atoms with E-state index in [1.165, 1.54) is 22.9 Å². The quantitative estimate of drug-likeness (QED) is 0.196. The largest absolute Gasteiger partial charge is 0.467 e. The zero-order valence-electron chi connectivity index (χ0n) is 16.5. The van der Waals surface area contributed by atoms with E-state index >= 15 is 0 Å². The van der Waals surface area contributed by atoms with Crippen LogP contribution in [0.4, 0.5) is 5.69 Å². The molecule has 0 bridgehead atoms. The first-order valence-corrected chi connectivity index (χ1v) is 10.1. The monoisotopic (exact) mass is 403 g/mol. The van der Waals surface area contributed by atoms with Gasteiger partial charge >= 0.3 is 0 Å². The second kappa shape index (κ2) is 9.43. The molecule has 0 aliphatic carbocycles. The first-order chi connectivity index (χ1) is 14.7. The Morgan fingerprint density at radius 3 is 2.70 bits per heavy atom. The van der Waals surface area contributed by atoms with Crippen LogP contribution in [0.3, 0.4) is 0 Å². The van der Waals surface area contributed by atoms with E-state index in [1.807, 2.05) is 36.4 Å². The molecular formula is C24H25N3O3. The minimum Gasteiger partial charge on any atom is -0.467 e. The Hall–Kier alpha value is -3.35. The summed E-state index contributed by atoms with van der Waals surface area (Å²) < 4.78 is 5.68. The van der Waals surface area contributed by atoms with Gasteiger partial charge in [-0.1, -0.05) is 42.5 Å². The highest BCUT2D eigenvalue weighted by atomic mass is 16.5. The second-order valence-corrected chi connectivity index (χ2v) is 7.35. The number of anilines is 1. The van der Waals surface area contributed by atoms with Gasteiger partial charge in [-0.2, -0.15) is 0 Å². The summed E-state index contributed by atoms with van der Waals surface area (Å²) in [5, 5.41) is 15.6. The number of para-hydroxylation sites is 1. The molecule has 2 atom stereocenters. The Kier molecular flexibility index (Phi) is 6.27. The molecule has 3 aromatic rings. The average molecular weight is 403 g/mol. The lowest BCUT2D eigenvalue weighted by Gasteiger charge is -2.19. The lowest BCUT2D eigenvalue weighted by molar-refractivity contribution is -0.124. The minimum absolute atomic E-state index is 0.154. The number of benzene rings is 2. The van der Waals surface area contributed by atoms with Crippen molar-refractivity contribution in [3.8, 4) is 0 Å². The fourth-order valence-electron chi connectivity index (χ4n) is 3.91. The molecule has 4 N–H and O–H groups in total. The van der Waals surface area contributed by atoms with Gasteiger partial charge in [0.2, 0.25) is 0 Å². The SMILES string of the molecule is O=C(/C=C/c1ccc(CNCCC2c3ccccc3NC2c2ccco2)cc1)NO. The topological polar surface area (TPSA) is 86.5 Å². The lowest BCUT2D eigenvalue weighted by Crippen LogP contribution is -2.19. The van der Waals surface area contributed by atoms with Crippen molar-refractivity contribution in [3.63, 3.8) is 0 Å². The summed E-state index contributed by atoms with van der Waals surface area (Å²) in [6, 6.07) is 20.5. The maximum Gasteiger partial charge on any atom is 0.267 e. The molecule has 0 fully saturated rings. The third-order valence-electron chi connectivity index (χ3n) is 5.40. The number of nitrogens with one attached hydrogen (secondary N) is 3. The molecule has 2 aromatic carbocycles. The van der Waals surface area contributed by atoms with Crippen molar-refractivity contribution in [2.75, 3.05) is 11.9 Å². The molecule has 1 aliphatic rings. The van der Waals surface area contributed by atoms with Gasteiger partial charge < -0.3 is 15.1 Å². The summed E-state index contributed by atoms with van der Waals surface area (Å²) in [6.07, 6.45) is 5.66. The maximum atomic E-state index is 11.0. The van der Waals surface area contributed by atoms with Gasteiger partial charge in [0.1, 0.15) is 5.76 Å². The van der Waals surface area contributed by atoms with E-state index in [0.717, 1.165) is 30.8 Å². The van der Waals surface area contributed by atoms with Crippen LogP contribution in [0.25, 0.3) is 6.08 Å². The highest BCUT2D eigenvalue weighted by Crippen LogP contribution is 2.45. The highest BCUT2D eigenvalue weighted by Gasteiger charge is 2.34. The predicted octanol–water partition coefficient (Wildman–Crippen LogP) is 4.23. The fourth-order valence-corrected chi connectivity index (χ4v) is 3.91. The number of rotatable bonds is 8. The number of carbonyl (C=O) groups is 1. The smallest absolute Gasteiger partial charge is 0.267 e. The molecular weight excluding hydrogens is 378 g/mol. The van der Waals surface area contributed by atoms with Crippen LogP contribution in [-0.4, -0.2) is 17.7 Å². The number of amides is 1. The second-order valence-electron chi connectivity index (χ2n) is 7.35. The minimum atomic E-state index is -0.545. The summed E-state index contributed by atoms with van der Waals surface area (Å²) in [6.45, 7) is 1.66. The van der Waals surface area contributed by atoms with E-state index in [4.69, 9.17) is 9.62 Å². The van der Waals surface area contributed by atoms with E-state index in [9.17, 15) is 4.79 Å². The number of fused-ring (bicyclic) bond motifs is 1. The van der Waals surface area contributed by atoms with E-state index < -0.39 is 5.91 Å². The number of hydrogen-bond donors (Lipinski definition) is 4. The van der Waals surface area contributed by atoms with Crippen LogP contribution in [-0.2, 0) is 11.3 Å².